The molecule has 0 bridgehead atoms. The van der Waals surface area contributed by atoms with Crippen molar-refractivity contribution in [2.24, 2.45) is 5.73 Å². The Hall–Kier alpha value is -2.73. The molecular weight excluding hydrogens is 321 g/mol. The molecule has 2 aromatic heterocycles. The Labute approximate surface area is 144 Å². The van der Waals surface area contributed by atoms with E-state index < -0.39 is 11.7 Å². The molecule has 128 valence electrons. The van der Waals surface area contributed by atoms with E-state index >= 15 is 0 Å². The topological polar surface area (TPSA) is 81.2 Å². The number of rotatable bonds is 3. The summed E-state index contributed by atoms with van der Waals surface area (Å²) in [6, 6.07) is 8.00. The van der Waals surface area contributed by atoms with E-state index in [1.54, 1.807) is 6.20 Å². The van der Waals surface area contributed by atoms with Crippen LogP contribution in [0.25, 0.3) is 22.2 Å². The van der Waals surface area contributed by atoms with Crippen LogP contribution in [0, 0.1) is 5.82 Å². The first-order chi connectivity index (χ1) is 12.1. The first-order valence-corrected chi connectivity index (χ1v) is 8.32. The van der Waals surface area contributed by atoms with Gasteiger partial charge in [0, 0.05) is 22.4 Å². The highest BCUT2D eigenvalue weighted by Gasteiger charge is 2.20. The molecule has 1 aliphatic heterocycles. The van der Waals surface area contributed by atoms with Crippen LogP contribution in [0.15, 0.2) is 40.9 Å². The number of carbonyl (C=O) groups excluding carboxylic acids is 1. The van der Waals surface area contributed by atoms with Gasteiger partial charge in [-0.3, -0.25) is 9.78 Å². The van der Waals surface area contributed by atoms with Crippen LogP contribution in [0.2, 0.25) is 0 Å². The number of nitrogens with one attached hydrogen (secondary N) is 1. The highest BCUT2D eigenvalue weighted by atomic mass is 19.1. The minimum Gasteiger partial charge on any atom is -0.459 e. The van der Waals surface area contributed by atoms with Crippen molar-refractivity contribution in [2.45, 2.75) is 18.8 Å². The van der Waals surface area contributed by atoms with E-state index in [0.717, 1.165) is 43.1 Å². The standard InChI is InChI=1S/C19H18FN3O2/c20-15-7-12(19(21)24)1-2-14(15)16-8-13-9-17(25-18(13)10-23-16)11-3-5-22-6-4-11/h1-2,7-11,22H,3-6H2,(H2,21,24). The number of primary amides is 1. The van der Waals surface area contributed by atoms with E-state index in [0.29, 0.717) is 22.8 Å². The van der Waals surface area contributed by atoms with Gasteiger partial charge in [-0.2, -0.15) is 0 Å². The number of furan rings is 1. The smallest absolute Gasteiger partial charge is 0.248 e. The number of amides is 1. The number of nitrogens with zero attached hydrogens (tertiary/aromatic N) is 1. The number of hydrogen-bond donors (Lipinski definition) is 2. The SMILES string of the molecule is NC(=O)c1ccc(-c2cc3cc(C4CCNCC4)oc3cn2)c(F)c1. The summed E-state index contributed by atoms with van der Waals surface area (Å²) in [4.78, 5) is 15.5. The van der Waals surface area contributed by atoms with Crippen LogP contribution in [0.5, 0.6) is 0 Å². The van der Waals surface area contributed by atoms with Crippen molar-refractivity contribution in [2.75, 3.05) is 13.1 Å². The molecule has 0 saturated carbocycles. The van der Waals surface area contributed by atoms with Crippen LogP contribution in [0.1, 0.15) is 34.9 Å². The molecule has 1 amide bonds. The Morgan fingerprint density at radius 3 is 2.76 bits per heavy atom. The molecule has 25 heavy (non-hydrogen) atoms. The third kappa shape index (κ3) is 3.00. The Balaban J connectivity index is 1.70. The van der Waals surface area contributed by atoms with E-state index in [4.69, 9.17) is 10.2 Å². The zero-order valence-electron chi connectivity index (χ0n) is 13.6. The molecule has 0 radical (unpaired) electrons. The van der Waals surface area contributed by atoms with Crippen molar-refractivity contribution in [1.29, 1.82) is 0 Å². The maximum Gasteiger partial charge on any atom is 0.248 e. The molecule has 3 heterocycles. The summed E-state index contributed by atoms with van der Waals surface area (Å²) < 4.78 is 20.2. The number of carbonyl (C=O) groups is 1. The van der Waals surface area contributed by atoms with Gasteiger partial charge in [0.25, 0.3) is 0 Å². The van der Waals surface area contributed by atoms with Gasteiger partial charge >= 0.3 is 0 Å². The summed E-state index contributed by atoms with van der Waals surface area (Å²) in [5.74, 6) is 0.184. The van der Waals surface area contributed by atoms with Gasteiger partial charge in [-0.25, -0.2) is 4.39 Å². The lowest BCUT2D eigenvalue weighted by molar-refractivity contribution is 0.1000. The van der Waals surface area contributed by atoms with Crippen molar-refractivity contribution in [3.63, 3.8) is 0 Å². The van der Waals surface area contributed by atoms with E-state index in [9.17, 15) is 9.18 Å². The predicted octanol–water partition coefficient (Wildman–Crippen LogP) is 3.20. The van der Waals surface area contributed by atoms with Crippen molar-refractivity contribution in [1.82, 2.24) is 10.3 Å². The molecule has 1 aliphatic rings. The largest absolute Gasteiger partial charge is 0.459 e. The van der Waals surface area contributed by atoms with Crippen molar-refractivity contribution < 1.29 is 13.6 Å². The van der Waals surface area contributed by atoms with Gasteiger partial charge in [-0.05, 0) is 56.3 Å². The molecular formula is C19H18FN3O2. The summed E-state index contributed by atoms with van der Waals surface area (Å²) in [5.41, 5.74) is 6.85. The quantitative estimate of drug-likeness (QED) is 0.768. The number of fused-ring (bicyclic) bond motifs is 1. The zero-order chi connectivity index (χ0) is 17.4. The Morgan fingerprint density at radius 2 is 2.04 bits per heavy atom. The lowest BCUT2D eigenvalue weighted by Crippen LogP contribution is -2.26. The van der Waals surface area contributed by atoms with Crippen LogP contribution < -0.4 is 11.1 Å². The number of piperidine rings is 1. The van der Waals surface area contributed by atoms with E-state index in [1.807, 2.05) is 12.1 Å². The Kier molecular flexibility index (Phi) is 3.97. The molecule has 1 saturated heterocycles. The second kappa shape index (κ2) is 6.29. The monoisotopic (exact) mass is 339 g/mol. The number of pyridine rings is 1. The summed E-state index contributed by atoms with van der Waals surface area (Å²) in [5, 5.41) is 4.24. The van der Waals surface area contributed by atoms with Gasteiger partial charge in [-0.15, -0.1) is 0 Å². The van der Waals surface area contributed by atoms with Crippen LogP contribution in [-0.2, 0) is 0 Å². The Bertz CT molecular complexity index is 945. The number of hydrogen-bond acceptors (Lipinski definition) is 4. The first kappa shape index (κ1) is 15.8. The fourth-order valence-corrected chi connectivity index (χ4v) is 3.30. The highest BCUT2D eigenvalue weighted by Crippen LogP contribution is 2.32. The summed E-state index contributed by atoms with van der Waals surface area (Å²) in [6.07, 6.45) is 3.71. The molecule has 3 N–H and O–H groups in total. The molecule has 3 aromatic rings. The van der Waals surface area contributed by atoms with Crippen LogP contribution in [-0.4, -0.2) is 24.0 Å². The van der Waals surface area contributed by atoms with E-state index in [1.165, 1.54) is 12.1 Å². The fourth-order valence-electron chi connectivity index (χ4n) is 3.30. The average molecular weight is 339 g/mol. The average Bonchev–Trinajstić information content (AvgIpc) is 3.05. The van der Waals surface area contributed by atoms with Crippen LogP contribution >= 0.6 is 0 Å². The summed E-state index contributed by atoms with van der Waals surface area (Å²) >= 11 is 0. The lowest BCUT2D eigenvalue weighted by Gasteiger charge is -2.20. The predicted molar refractivity (Wildman–Crippen MR) is 92.8 cm³/mol. The van der Waals surface area contributed by atoms with Gasteiger partial charge in [0.15, 0.2) is 5.58 Å². The molecule has 1 fully saturated rings. The maximum absolute atomic E-state index is 14.3. The van der Waals surface area contributed by atoms with Gasteiger partial charge in [0.2, 0.25) is 5.91 Å². The minimum absolute atomic E-state index is 0.138. The number of benzene rings is 1. The maximum atomic E-state index is 14.3. The van der Waals surface area contributed by atoms with Gasteiger partial charge < -0.3 is 15.5 Å². The summed E-state index contributed by atoms with van der Waals surface area (Å²) in [7, 11) is 0. The van der Waals surface area contributed by atoms with Crippen molar-refractivity contribution in [3.05, 3.63) is 53.7 Å². The summed E-state index contributed by atoms with van der Waals surface area (Å²) in [6.45, 7) is 1.98. The number of aromatic nitrogens is 1. The molecule has 0 atom stereocenters. The molecule has 5 nitrogen and oxygen atoms in total. The molecule has 0 unspecified atom stereocenters. The zero-order valence-corrected chi connectivity index (χ0v) is 13.6. The van der Waals surface area contributed by atoms with E-state index in [-0.39, 0.29) is 5.56 Å². The second-order valence-electron chi connectivity index (χ2n) is 6.34. The molecule has 1 aromatic carbocycles. The third-order valence-electron chi connectivity index (χ3n) is 4.69. The highest BCUT2D eigenvalue weighted by molar-refractivity contribution is 5.93. The molecule has 4 rings (SSSR count). The van der Waals surface area contributed by atoms with Gasteiger partial charge in [0.05, 0.1) is 11.9 Å². The minimum atomic E-state index is -0.657. The van der Waals surface area contributed by atoms with Gasteiger partial charge in [0.1, 0.15) is 11.6 Å². The fraction of sp³-hybridized carbons (Fsp3) is 0.263. The van der Waals surface area contributed by atoms with Gasteiger partial charge in [-0.1, -0.05) is 0 Å². The van der Waals surface area contributed by atoms with E-state index in [2.05, 4.69) is 10.3 Å². The lowest BCUT2D eigenvalue weighted by atomic mass is 9.95. The molecule has 0 aliphatic carbocycles. The van der Waals surface area contributed by atoms with Crippen LogP contribution in [0.3, 0.4) is 0 Å². The number of nitrogens with two attached hydrogens (primary N) is 1. The second-order valence-corrected chi connectivity index (χ2v) is 6.34. The third-order valence-corrected chi connectivity index (χ3v) is 4.69. The molecule has 0 spiro atoms. The Morgan fingerprint density at radius 1 is 1.24 bits per heavy atom. The normalized spacial score (nSPS) is 15.6. The number of halogens is 1. The van der Waals surface area contributed by atoms with Crippen LogP contribution in [0.4, 0.5) is 4.39 Å². The molecule has 6 heteroatoms. The van der Waals surface area contributed by atoms with Crippen molar-refractivity contribution in [3.8, 4) is 11.3 Å². The van der Waals surface area contributed by atoms with Crippen molar-refractivity contribution >= 4 is 16.9 Å². The first-order valence-electron chi connectivity index (χ1n) is 8.32.